The van der Waals surface area contributed by atoms with Crippen molar-refractivity contribution < 1.29 is 19.7 Å². The number of hydrogen-bond donors (Lipinski definition) is 2. The Morgan fingerprint density at radius 3 is 2.68 bits per heavy atom. The average Bonchev–Trinajstić information content (AvgIpc) is 2.36. The first kappa shape index (κ1) is 13.8. The first-order valence-corrected chi connectivity index (χ1v) is 6.45. The Hall–Kier alpha value is -1.59. The van der Waals surface area contributed by atoms with E-state index in [0.29, 0.717) is 19.5 Å². The molecule has 0 aliphatic carbocycles. The van der Waals surface area contributed by atoms with E-state index < -0.39 is 6.10 Å². The lowest BCUT2D eigenvalue weighted by atomic mass is 9.92. The molecule has 1 amide bonds. The van der Waals surface area contributed by atoms with E-state index >= 15 is 0 Å². The molecule has 19 heavy (non-hydrogen) atoms. The van der Waals surface area contributed by atoms with Gasteiger partial charge in [0.05, 0.1) is 6.10 Å². The second-order valence-electron chi connectivity index (χ2n) is 4.78. The fourth-order valence-electron chi connectivity index (χ4n) is 2.08. The number of rotatable bonds is 5. The molecule has 104 valence electrons. The standard InChI is InChI=1S/C14H19NO4/c16-7-6-13(17)12-8-15(9-12)14(18)19-10-11-4-2-1-3-5-11/h1-5,12-13,16-17H,6-10H2. The predicted octanol–water partition coefficient (Wildman–Crippen LogP) is 0.998. The maximum absolute atomic E-state index is 11.7. The summed E-state index contributed by atoms with van der Waals surface area (Å²) in [7, 11) is 0. The van der Waals surface area contributed by atoms with Crippen molar-refractivity contribution in [1.82, 2.24) is 4.90 Å². The molecule has 1 aromatic carbocycles. The van der Waals surface area contributed by atoms with Gasteiger partial charge in [0.25, 0.3) is 0 Å². The molecule has 0 saturated carbocycles. The number of carbonyl (C=O) groups is 1. The Balaban J connectivity index is 1.69. The van der Waals surface area contributed by atoms with E-state index in [2.05, 4.69) is 0 Å². The van der Waals surface area contributed by atoms with Crippen molar-refractivity contribution in [2.75, 3.05) is 19.7 Å². The maximum Gasteiger partial charge on any atom is 0.410 e. The van der Waals surface area contributed by atoms with Gasteiger partial charge in [-0.15, -0.1) is 0 Å². The first-order chi connectivity index (χ1) is 9.20. The molecule has 1 aromatic rings. The van der Waals surface area contributed by atoms with Crippen LogP contribution >= 0.6 is 0 Å². The van der Waals surface area contributed by atoms with E-state index in [1.165, 1.54) is 0 Å². The van der Waals surface area contributed by atoms with E-state index in [4.69, 9.17) is 9.84 Å². The molecular formula is C14H19NO4. The van der Waals surface area contributed by atoms with E-state index in [9.17, 15) is 9.90 Å². The average molecular weight is 265 g/mol. The summed E-state index contributed by atoms with van der Waals surface area (Å²) in [6.07, 6.45) is -0.531. The van der Waals surface area contributed by atoms with Gasteiger partial charge in [-0.25, -0.2) is 4.79 Å². The molecule has 0 spiro atoms. The normalized spacial score (nSPS) is 16.8. The van der Waals surface area contributed by atoms with Crippen molar-refractivity contribution in [2.45, 2.75) is 19.1 Å². The van der Waals surface area contributed by atoms with Gasteiger partial charge in [0, 0.05) is 25.6 Å². The van der Waals surface area contributed by atoms with Crippen LogP contribution in [0.5, 0.6) is 0 Å². The summed E-state index contributed by atoms with van der Waals surface area (Å²) >= 11 is 0. The maximum atomic E-state index is 11.7. The molecule has 1 aliphatic rings. The number of ether oxygens (including phenoxy) is 1. The van der Waals surface area contributed by atoms with Gasteiger partial charge in [-0.3, -0.25) is 0 Å². The van der Waals surface area contributed by atoms with E-state index in [0.717, 1.165) is 5.56 Å². The number of hydrogen-bond acceptors (Lipinski definition) is 4. The number of amides is 1. The van der Waals surface area contributed by atoms with Gasteiger partial charge >= 0.3 is 6.09 Å². The van der Waals surface area contributed by atoms with Crippen LogP contribution < -0.4 is 0 Å². The van der Waals surface area contributed by atoms with Crippen molar-refractivity contribution >= 4 is 6.09 Å². The zero-order valence-corrected chi connectivity index (χ0v) is 10.7. The summed E-state index contributed by atoms with van der Waals surface area (Å²) in [6, 6.07) is 9.50. The molecule has 0 aromatic heterocycles. The summed E-state index contributed by atoms with van der Waals surface area (Å²) in [4.78, 5) is 13.3. The van der Waals surface area contributed by atoms with Crippen molar-refractivity contribution in [1.29, 1.82) is 0 Å². The van der Waals surface area contributed by atoms with Crippen LogP contribution in [0.3, 0.4) is 0 Å². The lowest BCUT2D eigenvalue weighted by Crippen LogP contribution is -2.54. The topological polar surface area (TPSA) is 70.0 Å². The molecule has 0 bridgehead atoms. The third kappa shape index (κ3) is 3.68. The van der Waals surface area contributed by atoms with Crippen LogP contribution in [0.2, 0.25) is 0 Å². The Morgan fingerprint density at radius 1 is 1.37 bits per heavy atom. The molecule has 1 aliphatic heterocycles. The molecule has 2 N–H and O–H groups in total. The number of carbonyl (C=O) groups excluding carboxylic acids is 1. The highest BCUT2D eigenvalue weighted by molar-refractivity contribution is 5.68. The van der Waals surface area contributed by atoms with Crippen molar-refractivity contribution in [3.63, 3.8) is 0 Å². The van der Waals surface area contributed by atoms with Crippen molar-refractivity contribution in [2.24, 2.45) is 5.92 Å². The van der Waals surface area contributed by atoms with Gasteiger partial charge in [-0.2, -0.15) is 0 Å². The SMILES string of the molecule is O=C(OCc1ccccc1)N1CC(C(O)CCO)C1. The van der Waals surface area contributed by atoms with Crippen LogP contribution in [0.1, 0.15) is 12.0 Å². The summed E-state index contributed by atoms with van der Waals surface area (Å²) in [5.41, 5.74) is 0.952. The third-order valence-corrected chi connectivity index (χ3v) is 3.34. The minimum absolute atomic E-state index is 0.0316. The van der Waals surface area contributed by atoms with Crippen LogP contribution in [0.4, 0.5) is 4.79 Å². The summed E-state index contributed by atoms with van der Waals surface area (Å²) in [6.45, 7) is 1.22. The van der Waals surface area contributed by atoms with Crippen LogP contribution in [0, 0.1) is 5.92 Å². The summed E-state index contributed by atoms with van der Waals surface area (Å²) in [5.74, 6) is 0.0522. The molecule has 1 heterocycles. The molecule has 5 heteroatoms. The van der Waals surface area contributed by atoms with Crippen LogP contribution in [0.25, 0.3) is 0 Å². The molecule has 1 saturated heterocycles. The van der Waals surface area contributed by atoms with Gasteiger partial charge < -0.3 is 19.8 Å². The highest BCUT2D eigenvalue weighted by Gasteiger charge is 2.35. The van der Waals surface area contributed by atoms with Gasteiger partial charge in [0.1, 0.15) is 6.61 Å². The van der Waals surface area contributed by atoms with E-state index in [-0.39, 0.29) is 25.2 Å². The predicted molar refractivity (Wildman–Crippen MR) is 69.4 cm³/mol. The van der Waals surface area contributed by atoms with Gasteiger partial charge in [-0.1, -0.05) is 30.3 Å². The highest BCUT2D eigenvalue weighted by Crippen LogP contribution is 2.22. The molecule has 0 radical (unpaired) electrons. The van der Waals surface area contributed by atoms with E-state index in [1.54, 1.807) is 4.90 Å². The quantitative estimate of drug-likeness (QED) is 0.833. The molecule has 1 fully saturated rings. The lowest BCUT2D eigenvalue weighted by Gasteiger charge is -2.40. The van der Waals surface area contributed by atoms with Gasteiger partial charge in [0.15, 0.2) is 0 Å². The largest absolute Gasteiger partial charge is 0.445 e. The fourth-order valence-corrected chi connectivity index (χ4v) is 2.08. The molecule has 2 rings (SSSR count). The minimum atomic E-state index is -0.539. The number of benzene rings is 1. The third-order valence-electron chi connectivity index (χ3n) is 3.34. The number of likely N-dealkylation sites (tertiary alicyclic amines) is 1. The number of aliphatic hydroxyl groups is 2. The molecule has 1 atom stereocenters. The second kappa shape index (κ2) is 6.54. The van der Waals surface area contributed by atoms with Crippen LogP contribution in [0.15, 0.2) is 30.3 Å². The molecule has 5 nitrogen and oxygen atoms in total. The van der Waals surface area contributed by atoms with Crippen molar-refractivity contribution in [3.8, 4) is 0 Å². The Bertz CT molecular complexity index is 403. The van der Waals surface area contributed by atoms with Crippen LogP contribution in [-0.4, -0.2) is 47.0 Å². The van der Waals surface area contributed by atoms with Gasteiger partial charge in [0.2, 0.25) is 0 Å². The fraction of sp³-hybridized carbons (Fsp3) is 0.500. The molecule has 1 unspecified atom stereocenters. The van der Waals surface area contributed by atoms with E-state index in [1.807, 2.05) is 30.3 Å². The lowest BCUT2D eigenvalue weighted by molar-refractivity contribution is -0.0157. The summed E-state index contributed by atoms with van der Waals surface area (Å²) in [5, 5.41) is 18.4. The summed E-state index contributed by atoms with van der Waals surface area (Å²) < 4.78 is 5.18. The van der Waals surface area contributed by atoms with Crippen LogP contribution in [-0.2, 0) is 11.3 Å². The first-order valence-electron chi connectivity index (χ1n) is 6.45. The number of aliphatic hydroxyl groups excluding tert-OH is 2. The Labute approximate surface area is 112 Å². The Kier molecular flexibility index (Phi) is 4.76. The smallest absolute Gasteiger partial charge is 0.410 e. The monoisotopic (exact) mass is 265 g/mol. The Morgan fingerprint density at radius 2 is 2.05 bits per heavy atom. The minimum Gasteiger partial charge on any atom is -0.445 e. The van der Waals surface area contributed by atoms with Crippen molar-refractivity contribution in [3.05, 3.63) is 35.9 Å². The zero-order valence-electron chi connectivity index (χ0n) is 10.7. The number of nitrogens with zero attached hydrogens (tertiary/aromatic N) is 1. The van der Waals surface area contributed by atoms with Gasteiger partial charge in [-0.05, 0) is 12.0 Å². The highest BCUT2D eigenvalue weighted by atomic mass is 16.6. The molecular weight excluding hydrogens is 246 g/mol. The zero-order chi connectivity index (χ0) is 13.7. The second-order valence-corrected chi connectivity index (χ2v) is 4.78.